The Labute approximate surface area is 196 Å². The largest absolute Gasteiger partial charge is 0.465 e. The summed E-state index contributed by atoms with van der Waals surface area (Å²) in [6.07, 6.45) is 3.21. The van der Waals surface area contributed by atoms with Crippen LogP contribution in [0.2, 0.25) is 0 Å². The Morgan fingerprint density at radius 1 is 1.06 bits per heavy atom. The second-order valence-corrected chi connectivity index (χ2v) is 8.22. The third-order valence-electron chi connectivity index (χ3n) is 5.91. The normalized spacial score (nSPS) is 14.2. The molecule has 9 nitrogen and oxygen atoms in total. The average Bonchev–Trinajstić information content (AvgIpc) is 3.34. The van der Waals surface area contributed by atoms with Crippen molar-refractivity contribution < 1.29 is 14.6 Å². The molecule has 0 bridgehead atoms. The van der Waals surface area contributed by atoms with Crippen LogP contribution in [0, 0.1) is 0 Å². The molecule has 34 heavy (non-hydrogen) atoms. The van der Waals surface area contributed by atoms with E-state index >= 15 is 0 Å². The number of nitrogens with zero attached hydrogens (tertiary/aromatic N) is 3. The molecule has 2 aromatic heterocycles. The molecular weight excluding hydrogens is 432 g/mol. The van der Waals surface area contributed by atoms with Crippen molar-refractivity contribution in [2.75, 3.05) is 35.7 Å². The van der Waals surface area contributed by atoms with E-state index < -0.39 is 5.97 Å². The van der Waals surface area contributed by atoms with E-state index in [1.165, 1.54) is 7.11 Å². The fourth-order valence-electron chi connectivity index (χ4n) is 4.08. The minimum atomic E-state index is -0.400. The molecule has 1 aliphatic heterocycles. The quantitative estimate of drug-likeness (QED) is 0.318. The topological polar surface area (TPSA) is 115 Å². The summed E-state index contributed by atoms with van der Waals surface area (Å²) in [4.78, 5) is 26.6. The monoisotopic (exact) mass is 458 g/mol. The van der Waals surface area contributed by atoms with Gasteiger partial charge in [0.2, 0.25) is 5.95 Å². The Balaban J connectivity index is 1.36. The Kier molecular flexibility index (Phi) is 6.01. The molecule has 1 fully saturated rings. The fourth-order valence-corrected chi connectivity index (χ4v) is 4.08. The predicted octanol–water partition coefficient (Wildman–Crippen LogP) is 4.19. The number of carbonyl (C=O) groups excluding carboxylic acids is 1. The zero-order valence-electron chi connectivity index (χ0n) is 18.8. The number of hydrogen-bond acceptors (Lipinski definition) is 8. The van der Waals surface area contributed by atoms with Gasteiger partial charge in [-0.15, -0.1) is 0 Å². The molecule has 0 radical (unpaired) electrons. The fraction of sp³-hybridized carbons (Fsp3) is 0.240. The number of nitrogens with one attached hydrogen (secondary N) is 3. The molecule has 2 aromatic carbocycles. The third-order valence-corrected chi connectivity index (χ3v) is 5.91. The van der Waals surface area contributed by atoms with E-state index in [4.69, 9.17) is 4.74 Å². The van der Waals surface area contributed by atoms with Crippen molar-refractivity contribution in [1.82, 2.24) is 15.0 Å². The highest BCUT2D eigenvalue weighted by Gasteiger charge is 2.17. The van der Waals surface area contributed by atoms with Gasteiger partial charge in [0.1, 0.15) is 5.52 Å². The molecule has 5 rings (SSSR count). The number of fused-ring (bicyclic) bond motifs is 1. The van der Waals surface area contributed by atoms with Crippen LogP contribution in [0.1, 0.15) is 23.2 Å². The number of aliphatic hydroxyl groups is 1. The molecular formula is C25H26N6O3. The lowest BCUT2D eigenvalue weighted by molar-refractivity contribution is 0.0600. The lowest BCUT2D eigenvalue weighted by Crippen LogP contribution is -2.35. The van der Waals surface area contributed by atoms with Gasteiger partial charge in [0.25, 0.3) is 0 Å². The van der Waals surface area contributed by atoms with Crippen molar-refractivity contribution in [2.24, 2.45) is 0 Å². The summed E-state index contributed by atoms with van der Waals surface area (Å²) in [6, 6.07) is 17.1. The van der Waals surface area contributed by atoms with Gasteiger partial charge in [-0.05, 0) is 61.4 Å². The molecule has 4 aromatic rings. The SMILES string of the molecule is COC(=O)c1cccc(Nc2nc(Nc3ccc(N4CCC(O)CC4)cc3)nc3cc[nH]c23)c1. The molecule has 0 aliphatic carbocycles. The number of benzene rings is 2. The van der Waals surface area contributed by atoms with Gasteiger partial charge in [-0.2, -0.15) is 4.98 Å². The number of aromatic nitrogens is 3. The summed E-state index contributed by atoms with van der Waals surface area (Å²) in [5.41, 5.74) is 4.68. The van der Waals surface area contributed by atoms with Crippen LogP contribution < -0.4 is 15.5 Å². The number of methoxy groups -OCH3 is 1. The van der Waals surface area contributed by atoms with Crippen molar-refractivity contribution in [3.63, 3.8) is 0 Å². The number of hydrogen-bond donors (Lipinski definition) is 4. The number of anilines is 5. The number of piperidine rings is 1. The number of carbonyl (C=O) groups is 1. The highest BCUT2D eigenvalue weighted by atomic mass is 16.5. The molecule has 9 heteroatoms. The van der Waals surface area contributed by atoms with Crippen molar-refractivity contribution >= 4 is 45.8 Å². The highest BCUT2D eigenvalue weighted by Crippen LogP contribution is 2.27. The van der Waals surface area contributed by atoms with Crippen LogP contribution in [0.5, 0.6) is 0 Å². The maximum absolute atomic E-state index is 11.9. The Hall–Kier alpha value is -4.11. The lowest BCUT2D eigenvalue weighted by atomic mass is 10.1. The number of aliphatic hydroxyl groups excluding tert-OH is 1. The van der Waals surface area contributed by atoms with Gasteiger partial charge in [-0.1, -0.05) is 6.07 Å². The first-order chi connectivity index (χ1) is 16.6. The van der Waals surface area contributed by atoms with E-state index in [0.717, 1.165) is 48.3 Å². The van der Waals surface area contributed by atoms with Crippen LogP contribution in [-0.2, 0) is 4.74 Å². The molecule has 1 aliphatic rings. The van der Waals surface area contributed by atoms with Crippen LogP contribution in [0.3, 0.4) is 0 Å². The van der Waals surface area contributed by atoms with Gasteiger partial charge in [0.05, 0.1) is 24.3 Å². The zero-order valence-corrected chi connectivity index (χ0v) is 18.8. The molecule has 0 spiro atoms. The van der Waals surface area contributed by atoms with Crippen LogP contribution >= 0.6 is 0 Å². The first kappa shape index (κ1) is 21.7. The summed E-state index contributed by atoms with van der Waals surface area (Å²) in [5.74, 6) is 0.637. The zero-order chi connectivity index (χ0) is 23.5. The minimum Gasteiger partial charge on any atom is -0.465 e. The van der Waals surface area contributed by atoms with Crippen molar-refractivity contribution in [1.29, 1.82) is 0 Å². The van der Waals surface area contributed by atoms with E-state index in [-0.39, 0.29) is 6.10 Å². The van der Waals surface area contributed by atoms with Gasteiger partial charge in [-0.25, -0.2) is 9.78 Å². The van der Waals surface area contributed by atoms with E-state index in [1.807, 2.05) is 30.5 Å². The maximum Gasteiger partial charge on any atom is 0.337 e. The van der Waals surface area contributed by atoms with Gasteiger partial charge in [0.15, 0.2) is 5.82 Å². The van der Waals surface area contributed by atoms with Gasteiger partial charge in [0, 0.05) is 36.3 Å². The lowest BCUT2D eigenvalue weighted by Gasteiger charge is -2.31. The van der Waals surface area contributed by atoms with Crippen molar-refractivity contribution in [2.45, 2.75) is 18.9 Å². The number of aromatic amines is 1. The minimum absolute atomic E-state index is 0.191. The highest BCUT2D eigenvalue weighted by molar-refractivity contribution is 5.92. The molecule has 0 atom stereocenters. The van der Waals surface area contributed by atoms with Crippen molar-refractivity contribution in [3.05, 3.63) is 66.4 Å². The first-order valence-corrected chi connectivity index (χ1v) is 11.2. The number of esters is 1. The molecule has 1 saturated heterocycles. The van der Waals surface area contributed by atoms with E-state index in [1.54, 1.807) is 18.2 Å². The number of rotatable bonds is 6. The van der Waals surface area contributed by atoms with Gasteiger partial charge < -0.3 is 30.4 Å². The average molecular weight is 459 g/mol. The summed E-state index contributed by atoms with van der Waals surface area (Å²) >= 11 is 0. The van der Waals surface area contributed by atoms with Gasteiger partial charge >= 0.3 is 5.97 Å². The van der Waals surface area contributed by atoms with E-state index in [9.17, 15) is 9.90 Å². The second-order valence-electron chi connectivity index (χ2n) is 8.22. The molecule has 0 amide bonds. The standard InChI is InChI=1S/C25H26N6O3/c1-34-24(33)16-3-2-4-18(15-16)27-23-22-21(9-12-26-22)29-25(30-23)28-17-5-7-19(8-6-17)31-13-10-20(32)11-14-31/h2-9,12,15,20,26,32H,10-11,13-14H2,1H3,(H2,27,28,29,30). The number of H-pyrrole nitrogens is 1. The third kappa shape index (κ3) is 4.65. The maximum atomic E-state index is 11.9. The summed E-state index contributed by atoms with van der Waals surface area (Å²) < 4.78 is 4.81. The summed E-state index contributed by atoms with van der Waals surface area (Å²) in [6.45, 7) is 1.71. The first-order valence-electron chi connectivity index (χ1n) is 11.2. The Morgan fingerprint density at radius 3 is 2.62 bits per heavy atom. The molecule has 0 unspecified atom stereocenters. The van der Waals surface area contributed by atoms with Crippen molar-refractivity contribution in [3.8, 4) is 0 Å². The molecule has 4 N–H and O–H groups in total. The summed E-state index contributed by atoms with van der Waals surface area (Å²) in [7, 11) is 1.36. The van der Waals surface area contributed by atoms with Crippen LogP contribution in [0.4, 0.5) is 28.8 Å². The smallest absolute Gasteiger partial charge is 0.337 e. The Bertz CT molecular complexity index is 1300. The van der Waals surface area contributed by atoms with Gasteiger partial charge in [-0.3, -0.25) is 0 Å². The number of ether oxygens (including phenoxy) is 1. The second kappa shape index (κ2) is 9.40. The van der Waals surface area contributed by atoms with Crippen LogP contribution in [-0.4, -0.2) is 52.3 Å². The van der Waals surface area contributed by atoms with Crippen LogP contribution in [0.25, 0.3) is 11.0 Å². The predicted molar refractivity (Wildman–Crippen MR) is 132 cm³/mol. The van der Waals surface area contributed by atoms with E-state index in [2.05, 4.69) is 42.6 Å². The summed E-state index contributed by atoms with van der Waals surface area (Å²) in [5, 5.41) is 16.3. The van der Waals surface area contributed by atoms with E-state index in [0.29, 0.717) is 23.0 Å². The Morgan fingerprint density at radius 2 is 1.85 bits per heavy atom. The molecule has 0 saturated carbocycles. The van der Waals surface area contributed by atoms with Crippen LogP contribution in [0.15, 0.2) is 60.8 Å². The molecule has 174 valence electrons. The molecule has 3 heterocycles.